The van der Waals surface area contributed by atoms with Crippen molar-refractivity contribution >= 4 is 5.91 Å². The van der Waals surface area contributed by atoms with E-state index in [9.17, 15) is 4.79 Å². The van der Waals surface area contributed by atoms with Crippen molar-refractivity contribution in [2.45, 2.75) is 38.5 Å². The van der Waals surface area contributed by atoms with Crippen LogP contribution in [0.5, 0.6) is 0 Å². The van der Waals surface area contributed by atoms with Gasteiger partial charge in [0.15, 0.2) is 0 Å². The van der Waals surface area contributed by atoms with Gasteiger partial charge in [-0.15, -0.1) is 0 Å². The molecule has 1 atom stereocenters. The first-order valence-corrected chi connectivity index (χ1v) is 8.99. The van der Waals surface area contributed by atoms with E-state index in [1.165, 1.54) is 5.69 Å². The van der Waals surface area contributed by atoms with Gasteiger partial charge in [-0.25, -0.2) is 0 Å². The van der Waals surface area contributed by atoms with Gasteiger partial charge in [-0.1, -0.05) is 6.07 Å². The molecule has 2 N–H and O–H groups in total. The van der Waals surface area contributed by atoms with E-state index in [4.69, 9.17) is 0 Å². The molecular weight excluding hydrogens is 316 g/mol. The first-order chi connectivity index (χ1) is 12.3. The number of nitrogens with zero attached hydrogens (tertiary/aromatic N) is 4. The Kier molecular flexibility index (Phi) is 4.76. The van der Waals surface area contributed by atoms with Crippen molar-refractivity contribution in [3.8, 4) is 0 Å². The molecule has 0 spiro atoms. The van der Waals surface area contributed by atoms with Crippen molar-refractivity contribution in [3.63, 3.8) is 0 Å². The highest BCUT2D eigenvalue weighted by molar-refractivity contribution is 5.83. The smallest absolute Gasteiger partial charge is 0.242 e. The van der Waals surface area contributed by atoms with E-state index >= 15 is 0 Å². The summed E-state index contributed by atoms with van der Waals surface area (Å²) in [7, 11) is 0. The first-order valence-electron chi connectivity index (χ1n) is 8.99. The Balaban J connectivity index is 1.46. The summed E-state index contributed by atoms with van der Waals surface area (Å²) >= 11 is 0. The fourth-order valence-corrected chi connectivity index (χ4v) is 3.68. The minimum Gasteiger partial charge on any atom is -0.349 e. The van der Waals surface area contributed by atoms with Crippen LogP contribution in [0.3, 0.4) is 0 Å². The van der Waals surface area contributed by atoms with Crippen molar-refractivity contribution in [2.24, 2.45) is 0 Å². The summed E-state index contributed by atoms with van der Waals surface area (Å²) < 4.78 is 2.02. The molecule has 2 aromatic heterocycles. The molecule has 0 aromatic carbocycles. The molecule has 7 heteroatoms. The molecule has 2 aliphatic rings. The molecule has 7 nitrogen and oxygen atoms in total. The van der Waals surface area contributed by atoms with Gasteiger partial charge in [0.05, 0.1) is 24.5 Å². The van der Waals surface area contributed by atoms with Crippen LogP contribution in [0.4, 0.5) is 0 Å². The molecule has 4 rings (SSSR count). The summed E-state index contributed by atoms with van der Waals surface area (Å²) in [6.45, 7) is 5.04. The van der Waals surface area contributed by atoms with E-state index < -0.39 is 0 Å². The van der Waals surface area contributed by atoms with Crippen molar-refractivity contribution in [1.82, 2.24) is 30.3 Å². The average Bonchev–Trinajstić information content (AvgIpc) is 3.30. The van der Waals surface area contributed by atoms with E-state index in [-0.39, 0.29) is 11.9 Å². The third kappa shape index (κ3) is 3.57. The zero-order valence-electron chi connectivity index (χ0n) is 14.3. The molecule has 0 bridgehead atoms. The number of carbonyl (C=O) groups excluding carboxylic acids is 1. The predicted molar refractivity (Wildman–Crippen MR) is 93.6 cm³/mol. The van der Waals surface area contributed by atoms with Crippen LogP contribution < -0.4 is 10.6 Å². The minimum atomic E-state index is -0.268. The highest BCUT2D eigenvalue weighted by Gasteiger charge is 2.29. The Hall–Kier alpha value is -2.25. The number of likely N-dealkylation sites (tertiary alicyclic amines) is 1. The largest absolute Gasteiger partial charge is 0.349 e. The fraction of sp³-hybridized carbons (Fsp3) is 0.500. The summed E-state index contributed by atoms with van der Waals surface area (Å²) in [4.78, 5) is 19.4. The lowest BCUT2D eigenvalue weighted by molar-refractivity contribution is -0.126. The Labute approximate surface area is 147 Å². The maximum absolute atomic E-state index is 12.9. The zero-order valence-corrected chi connectivity index (χ0v) is 14.3. The monoisotopic (exact) mass is 340 g/mol. The van der Waals surface area contributed by atoms with Gasteiger partial charge < -0.3 is 10.6 Å². The quantitative estimate of drug-likeness (QED) is 0.843. The standard InChI is InChI=1S/C18H24N6O/c25-18(21-12-15-10-16-13-20-6-9-24(16)22-15)17(23-7-1-2-8-23)14-4-3-5-19-11-14/h3-5,10-11,17,20H,1-2,6-9,12-13H2,(H,21,25). The number of pyridine rings is 1. The van der Waals surface area contributed by atoms with Gasteiger partial charge in [0.2, 0.25) is 5.91 Å². The van der Waals surface area contributed by atoms with Gasteiger partial charge in [-0.05, 0) is 43.6 Å². The molecule has 1 unspecified atom stereocenters. The predicted octanol–water partition coefficient (Wildman–Crippen LogP) is 0.835. The van der Waals surface area contributed by atoms with E-state index in [1.807, 2.05) is 16.8 Å². The Morgan fingerprint density at radius 1 is 1.32 bits per heavy atom. The fourth-order valence-electron chi connectivity index (χ4n) is 3.68. The third-order valence-electron chi connectivity index (χ3n) is 4.92. The topological polar surface area (TPSA) is 75.1 Å². The van der Waals surface area contributed by atoms with Gasteiger partial charge in [0.1, 0.15) is 6.04 Å². The lowest BCUT2D eigenvalue weighted by Gasteiger charge is -2.26. The molecule has 0 saturated carbocycles. The van der Waals surface area contributed by atoms with E-state index in [0.717, 1.165) is 56.8 Å². The molecular formula is C18H24N6O. The minimum absolute atomic E-state index is 0.0268. The third-order valence-corrected chi connectivity index (χ3v) is 4.92. The molecule has 1 saturated heterocycles. The second-order valence-corrected chi connectivity index (χ2v) is 6.68. The Bertz CT molecular complexity index is 699. The lowest BCUT2D eigenvalue weighted by Crippen LogP contribution is -2.39. The maximum Gasteiger partial charge on any atom is 0.242 e. The molecule has 2 aliphatic heterocycles. The van der Waals surface area contributed by atoms with Crippen LogP contribution >= 0.6 is 0 Å². The van der Waals surface area contributed by atoms with Crippen LogP contribution in [-0.4, -0.2) is 45.2 Å². The number of nitrogens with one attached hydrogen (secondary N) is 2. The molecule has 0 radical (unpaired) electrons. The molecule has 0 aliphatic carbocycles. The highest BCUT2D eigenvalue weighted by atomic mass is 16.2. The number of amides is 1. The van der Waals surface area contributed by atoms with Gasteiger partial charge in [0.25, 0.3) is 0 Å². The van der Waals surface area contributed by atoms with E-state index in [1.54, 1.807) is 12.4 Å². The van der Waals surface area contributed by atoms with Crippen LogP contribution in [0.1, 0.15) is 35.8 Å². The number of rotatable bonds is 5. The van der Waals surface area contributed by atoms with Crippen LogP contribution in [-0.2, 0) is 24.4 Å². The number of aromatic nitrogens is 3. The summed E-state index contributed by atoms with van der Waals surface area (Å²) in [5, 5.41) is 11.0. The number of carbonyl (C=O) groups is 1. The molecule has 2 aromatic rings. The van der Waals surface area contributed by atoms with Crippen LogP contribution in [0, 0.1) is 0 Å². The van der Waals surface area contributed by atoms with Crippen LogP contribution in [0.15, 0.2) is 30.6 Å². The second kappa shape index (κ2) is 7.33. The van der Waals surface area contributed by atoms with Crippen molar-refractivity contribution in [2.75, 3.05) is 19.6 Å². The number of hydrogen-bond donors (Lipinski definition) is 2. The number of fused-ring (bicyclic) bond motifs is 1. The van der Waals surface area contributed by atoms with Gasteiger partial charge in [-0.3, -0.25) is 19.4 Å². The second-order valence-electron chi connectivity index (χ2n) is 6.68. The Morgan fingerprint density at radius 3 is 2.96 bits per heavy atom. The van der Waals surface area contributed by atoms with Gasteiger partial charge >= 0.3 is 0 Å². The highest BCUT2D eigenvalue weighted by Crippen LogP contribution is 2.25. The van der Waals surface area contributed by atoms with Gasteiger partial charge in [0, 0.05) is 25.5 Å². The summed E-state index contributed by atoms with van der Waals surface area (Å²) in [6.07, 6.45) is 5.82. The maximum atomic E-state index is 12.9. The van der Waals surface area contributed by atoms with Crippen molar-refractivity contribution in [1.29, 1.82) is 0 Å². The van der Waals surface area contributed by atoms with Gasteiger partial charge in [-0.2, -0.15) is 5.10 Å². The zero-order chi connectivity index (χ0) is 17.1. The first kappa shape index (κ1) is 16.2. The van der Waals surface area contributed by atoms with Crippen molar-refractivity contribution in [3.05, 3.63) is 47.5 Å². The number of hydrogen-bond acceptors (Lipinski definition) is 5. The molecule has 1 amide bonds. The lowest BCUT2D eigenvalue weighted by atomic mass is 10.1. The average molecular weight is 340 g/mol. The molecule has 25 heavy (non-hydrogen) atoms. The van der Waals surface area contributed by atoms with Crippen LogP contribution in [0.25, 0.3) is 0 Å². The summed E-state index contributed by atoms with van der Waals surface area (Å²) in [6, 6.07) is 5.68. The van der Waals surface area contributed by atoms with Crippen LogP contribution in [0.2, 0.25) is 0 Å². The van der Waals surface area contributed by atoms with E-state index in [2.05, 4.69) is 31.7 Å². The SMILES string of the molecule is O=C(NCc1cc2n(n1)CCNC2)C(c1cccnc1)N1CCCC1. The normalized spacial score (nSPS) is 18.7. The molecule has 132 valence electrons. The Morgan fingerprint density at radius 2 is 2.20 bits per heavy atom. The van der Waals surface area contributed by atoms with E-state index in [0.29, 0.717) is 6.54 Å². The molecule has 1 fully saturated rings. The summed E-state index contributed by atoms with van der Waals surface area (Å²) in [5.41, 5.74) is 3.05. The summed E-state index contributed by atoms with van der Waals surface area (Å²) in [5.74, 6) is 0.0268. The van der Waals surface area contributed by atoms with Crippen molar-refractivity contribution < 1.29 is 4.79 Å². The molecule has 4 heterocycles.